The van der Waals surface area contributed by atoms with E-state index in [1.165, 1.54) is 11.5 Å². The minimum absolute atomic E-state index is 0.392. The molecule has 0 atom stereocenters. The predicted molar refractivity (Wildman–Crippen MR) is 38.4 cm³/mol. The Morgan fingerprint density at radius 1 is 1.56 bits per heavy atom. The van der Waals surface area contributed by atoms with Crippen LogP contribution < -0.4 is 5.73 Å². The quantitative estimate of drug-likeness (QED) is 0.643. The summed E-state index contributed by atoms with van der Waals surface area (Å²) in [7, 11) is 0. The first-order valence-corrected chi connectivity index (χ1v) is 3.56. The second kappa shape index (κ2) is 2.31. The van der Waals surface area contributed by atoms with Crippen LogP contribution in [0, 0.1) is 0 Å². The van der Waals surface area contributed by atoms with E-state index in [1.807, 2.05) is 0 Å². The Bertz CT molecular complexity index is 194. The van der Waals surface area contributed by atoms with Gasteiger partial charge in [0, 0.05) is 5.92 Å². The molecule has 0 aliphatic heterocycles. The van der Waals surface area contributed by atoms with Crippen molar-refractivity contribution in [3.05, 3.63) is 5.01 Å². The fraction of sp³-hybridized carbons (Fsp3) is 0.600. The minimum Gasteiger partial charge on any atom is -0.367 e. The number of hydrogen-bond donors (Lipinski definition) is 1. The van der Waals surface area contributed by atoms with Gasteiger partial charge in [0.2, 0.25) is 5.95 Å². The van der Waals surface area contributed by atoms with Gasteiger partial charge in [-0.25, -0.2) is 4.98 Å². The lowest BCUT2D eigenvalue weighted by atomic mass is 10.2. The van der Waals surface area contributed by atoms with Crippen LogP contribution in [0.25, 0.3) is 0 Å². The van der Waals surface area contributed by atoms with Gasteiger partial charge in [0.05, 0.1) is 0 Å². The van der Waals surface area contributed by atoms with Crippen molar-refractivity contribution < 1.29 is 0 Å². The topological polar surface area (TPSA) is 51.8 Å². The molecule has 0 unspecified atom stereocenters. The molecule has 1 rings (SSSR count). The standard InChI is InChI=1S/C5H9N3S/c1-3(2)4-7-5(6)8-9-4/h3H,1-2H3,(H2,6,8). The largest absolute Gasteiger partial charge is 0.367 e. The minimum atomic E-state index is 0.392. The monoisotopic (exact) mass is 143 g/mol. The average molecular weight is 143 g/mol. The number of anilines is 1. The second-order valence-corrected chi connectivity index (χ2v) is 2.93. The number of rotatable bonds is 1. The van der Waals surface area contributed by atoms with Gasteiger partial charge in [-0.1, -0.05) is 13.8 Å². The predicted octanol–water partition coefficient (Wildman–Crippen LogP) is 1.24. The first kappa shape index (κ1) is 6.48. The molecule has 0 aromatic carbocycles. The molecule has 0 aliphatic carbocycles. The summed E-state index contributed by atoms with van der Waals surface area (Å²) in [4.78, 5) is 4.00. The molecule has 1 aromatic rings. The lowest BCUT2D eigenvalue weighted by Crippen LogP contribution is -1.88. The van der Waals surface area contributed by atoms with E-state index in [4.69, 9.17) is 5.73 Å². The summed E-state index contributed by atoms with van der Waals surface area (Å²) in [6.07, 6.45) is 0. The van der Waals surface area contributed by atoms with Crippen LogP contribution in [0.1, 0.15) is 24.8 Å². The molecular weight excluding hydrogens is 134 g/mol. The lowest BCUT2D eigenvalue weighted by molar-refractivity contribution is 0.854. The normalized spacial score (nSPS) is 10.6. The zero-order valence-corrected chi connectivity index (χ0v) is 6.27. The molecule has 4 heteroatoms. The summed E-state index contributed by atoms with van der Waals surface area (Å²) in [6.45, 7) is 4.14. The Kier molecular flexibility index (Phi) is 1.66. The van der Waals surface area contributed by atoms with E-state index in [1.54, 1.807) is 0 Å². The zero-order valence-electron chi connectivity index (χ0n) is 5.46. The van der Waals surface area contributed by atoms with Crippen molar-refractivity contribution in [1.29, 1.82) is 0 Å². The first-order chi connectivity index (χ1) is 4.20. The van der Waals surface area contributed by atoms with E-state index >= 15 is 0 Å². The summed E-state index contributed by atoms with van der Waals surface area (Å²) in [5.74, 6) is 0.837. The molecule has 3 nitrogen and oxygen atoms in total. The van der Waals surface area contributed by atoms with Gasteiger partial charge in [-0.2, -0.15) is 4.37 Å². The fourth-order valence-corrected chi connectivity index (χ4v) is 1.05. The number of nitrogen functional groups attached to an aromatic ring is 1. The number of nitrogens with two attached hydrogens (primary N) is 1. The van der Waals surface area contributed by atoms with Gasteiger partial charge in [-0.15, -0.1) is 0 Å². The highest BCUT2D eigenvalue weighted by molar-refractivity contribution is 7.05. The molecule has 0 fully saturated rings. The van der Waals surface area contributed by atoms with Crippen molar-refractivity contribution in [3.8, 4) is 0 Å². The van der Waals surface area contributed by atoms with Gasteiger partial charge >= 0.3 is 0 Å². The fourth-order valence-electron chi connectivity index (χ4n) is 0.482. The Morgan fingerprint density at radius 3 is 2.44 bits per heavy atom. The molecule has 0 radical (unpaired) electrons. The Balaban J connectivity index is 2.85. The molecule has 0 bridgehead atoms. The molecule has 50 valence electrons. The zero-order chi connectivity index (χ0) is 6.85. The summed E-state index contributed by atoms with van der Waals surface area (Å²) >= 11 is 1.37. The van der Waals surface area contributed by atoms with Crippen molar-refractivity contribution >= 4 is 17.5 Å². The van der Waals surface area contributed by atoms with Gasteiger partial charge < -0.3 is 5.73 Å². The maximum absolute atomic E-state index is 5.30. The van der Waals surface area contributed by atoms with Crippen molar-refractivity contribution in [2.24, 2.45) is 0 Å². The first-order valence-electron chi connectivity index (χ1n) is 2.79. The van der Waals surface area contributed by atoms with Crippen LogP contribution in [-0.4, -0.2) is 9.36 Å². The van der Waals surface area contributed by atoms with Gasteiger partial charge in [0.25, 0.3) is 0 Å². The highest BCUT2D eigenvalue weighted by Gasteiger charge is 2.03. The van der Waals surface area contributed by atoms with Crippen molar-refractivity contribution in [1.82, 2.24) is 9.36 Å². The van der Waals surface area contributed by atoms with Gasteiger partial charge in [0.15, 0.2) is 0 Å². The van der Waals surface area contributed by atoms with Gasteiger partial charge in [-0.05, 0) is 11.5 Å². The third kappa shape index (κ3) is 1.38. The summed E-state index contributed by atoms with van der Waals surface area (Å²) in [5, 5.41) is 1.01. The SMILES string of the molecule is CC(C)c1nc(N)ns1. The highest BCUT2D eigenvalue weighted by atomic mass is 32.1. The molecular formula is C5H9N3S. The van der Waals surface area contributed by atoms with Crippen molar-refractivity contribution in [3.63, 3.8) is 0 Å². The molecule has 0 aliphatic rings. The summed E-state index contributed by atoms with van der Waals surface area (Å²) < 4.78 is 3.85. The van der Waals surface area contributed by atoms with E-state index in [2.05, 4.69) is 23.2 Å². The second-order valence-electron chi connectivity index (χ2n) is 2.15. The maximum Gasteiger partial charge on any atom is 0.232 e. The number of aromatic nitrogens is 2. The highest BCUT2D eigenvalue weighted by Crippen LogP contribution is 2.16. The summed E-state index contributed by atoms with van der Waals surface area (Å²) in [6, 6.07) is 0. The number of nitrogens with zero attached hydrogens (tertiary/aromatic N) is 2. The van der Waals surface area contributed by atoms with Crippen LogP contribution in [0.3, 0.4) is 0 Å². The van der Waals surface area contributed by atoms with E-state index in [0.29, 0.717) is 11.9 Å². The average Bonchev–Trinajstić information content (AvgIpc) is 2.14. The maximum atomic E-state index is 5.30. The smallest absolute Gasteiger partial charge is 0.232 e. The number of hydrogen-bond acceptors (Lipinski definition) is 4. The Hall–Kier alpha value is -0.640. The molecule has 1 aromatic heterocycles. The molecule has 9 heavy (non-hydrogen) atoms. The van der Waals surface area contributed by atoms with Crippen LogP contribution in [-0.2, 0) is 0 Å². The van der Waals surface area contributed by atoms with Crippen LogP contribution in [0.2, 0.25) is 0 Å². The van der Waals surface area contributed by atoms with Gasteiger partial charge in [-0.3, -0.25) is 0 Å². The summed E-state index contributed by atoms with van der Waals surface area (Å²) in [5.41, 5.74) is 5.30. The molecule has 2 N–H and O–H groups in total. The van der Waals surface area contributed by atoms with Crippen molar-refractivity contribution in [2.45, 2.75) is 19.8 Å². The molecule has 0 amide bonds. The molecule has 0 saturated carbocycles. The molecule has 0 spiro atoms. The Labute approximate surface area is 58.1 Å². The third-order valence-corrected chi connectivity index (χ3v) is 1.98. The third-order valence-electron chi connectivity index (χ3n) is 0.951. The Morgan fingerprint density at radius 2 is 2.22 bits per heavy atom. The van der Waals surface area contributed by atoms with Gasteiger partial charge in [0.1, 0.15) is 5.01 Å². The van der Waals surface area contributed by atoms with Crippen LogP contribution in [0.15, 0.2) is 0 Å². The van der Waals surface area contributed by atoms with Crippen LogP contribution in [0.4, 0.5) is 5.95 Å². The van der Waals surface area contributed by atoms with E-state index < -0.39 is 0 Å². The van der Waals surface area contributed by atoms with E-state index in [-0.39, 0.29) is 0 Å². The molecule has 1 heterocycles. The lowest BCUT2D eigenvalue weighted by Gasteiger charge is -1.92. The van der Waals surface area contributed by atoms with Crippen LogP contribution >= 0.6 is 11.5 Å². The van der Waals surface area contributed by atoms with E-state index in [0.717, 1.165) is 5.01 Å². The van der Waals surface area contributed by atoms with Crippen molar-refractivity contribution in [2.75, 3.05) is 5.73 Å². The molecule has 0 saturated heterocycles. The van der Waals surface area contributed by atoms with E-state index in [9.17, 15) is 0 Å². The van der Waals surface area contributed by atoms with Crippen LogP contribution in [0.5, 0.6) is 0 Å².